The van der Waals surface area contributed by atoms with Crippen molar-refractivity contribution in [1.82, 2.24) is 10.4 Å². The van der Waals surface area contributed by atoms with Crippen LogP contribution in [0.4, 0.5) is 5.69 Å². The van der Waals surface area contributed by atoms with E-state index in [2.05, 4.69) is 15.8 Å². The highest BCUT2D eigenvalue weighted by Gasteiger charge is 1.91. The lowest BCUT2D eigenvalue weighted by atomic mass is 10.3. The fourth-order valence-electron chi connectivity index (χ4n) is 0.748. The maximum absolute atomic E-state index is 3.96. The third-order valence-electron chi connectivity index (χ3n) is 1.28. The Morgan fingerprint density at radius 1 is 1.50 bits per heavy atom. The summed E-state index contributed by atoms with van der Waals surface area (Å²) < 4.78 is 0. The van der Waals surface area contributed by atoms with Gasteiger partial charge in [-0.3, -0.25) is 4.98 Å². The number of hydrogen-bond acceptors (Lipinski definition) is 3. The largest absolute Gasteiger partial charge is 0.321 e. The quantitative estimate of drug-likeness (QED) is 0.595. The molecule has 0 aliphatic rings. The Labute approximate surface area is 60.5 Å². The van der Waals surface area contributed by atoms with Crippen LogP contribution in [0.2, 0.25) is 0 Å². The topological polar surface area (TPSA) is 37.0 Å². The summed E-state index contributed by atoms with van der Waals surface area (Å²) in [4.78, 5) is 3.96. The molecule has 10 heavy (non-hydrogen) atoms. The molecule has 0 aliphatic carbocycles. The Hall–Kier alpha value is -1.09. The molecule has 2 N–H and O–H groups in total. The minimum absolute atomic E-state index is 1.07. The lowest BCUT2D eigenvalue weighted by molar-refractivity contribution is 0.977. The van der Waals surface area contributed by atoms with E-state index in [1.54, 1.807) is 6.20 Å². The lowest BCUT2D eigenvalue weighted by Crippen LogP contribution is -2.15. The Kier molecular flexibility index (Phi) is 2.23. The zero-order chi connectivity index (χ0) is 7.40. The lowest BCUT2D eigenvalue weighted by Gasteiger charge is -2.05. The molecule has 0 saturated heterocycles. The normalized spacial score (nSPS) is 9.40. The second kappa shape index (κ2) is 3.17. The van der Waals surface area contributed by atoms with Gasteiger partial charge in [0.1, 0.15) is 0 Å². The van der Waals surface area contributed by atoms with Crippen molar-refractivity contribution in [2.45, 2.75) is 6.92 Å². The fraction of sp³-hybridized carbons (Fsp3) is 0.286. The highest BCUT2D eigenvalue weighted by molar-refractivity contribution is 5.47. The number of pyridine rings is 1. The second-order valence-corrected chi connectivity index (χ2v) is 2.07. The molecule has 0 atom stereocenters. The second-order valence-electron chi connectivity index (χ2n) is 2.07. The summed E-state index contributed by atoms with van der Waals surface area (Å²) in [7, 11) is 1.83. The molecule has 1 aromatic rings. The van der Waals surface area contributed by atoms with E-state index in [1.807, 2.05) is 26.2 Å². The molecule has 3 heteroatoms. The molecule has 0 fully saturated rings. The number of hydrazine groups is 1. The van der Waals surface area contributed by atoms with Gasteiger partial charge in [-0.05, 0) is 18.6 Å². The van der Waals surface area contributed by atoms with Gasteiger partial charge in [-0.2, -0.15) is 0 Å². The van der Waals surface area contributed by atoms with Crippen molar-refractivity contribution in [3.63, 3.8) is 0 Å². The van der Waals surface area contributed by atoms with Crippen LogP contribution in [0.15, 0.2) is 18.5 Å². The van der Waals surface area contributed by atoms with Crippen molar-refractivity contribution in [2.75, 3.05) is 12.5 Å². The van der Waals surface area contributed by atoms with Crippen molar-refractivity contribution in [3.05, 3.63) is 24.0 Å². The van der Waals surface area contributed by atoms with Crippen molar-refractivity contribution < 1.29 is 0 Å². The van der Waals surface area contributed by atoms with Crippen LogP contribution in [0, 0.1) is 6.92 Å². The summed E-state index contributed by atoms with van der Waals surface area (Å²) in [6.45, 7) is 2.01. The van der Waals surface area contributed by atoms with E-state index in [-0.39, 0.29) is 0 Å². The van der Waals surface area contributed by atoms with Gasteiger partial charge in [-0.1, -0.05) is 0 Å². The average Bonchev–Trinajstić information content (AvgIpc) is 1.94. The van der Waals surface area contributed by atoms with Crippen molar-refractivity contribution in [2.24, 2.45) is 0 Å². The van der Waals surface area contributed by atoms with Gasteiger partial charge >= 0.3 is 0 Å². The zero-order valence-electron chi connectivity index (χ0n) is 6.18. The van der Waals surface area contributed by atoms with Gasteiger partial charge in [0, 0.05) is 19.4 Å². The smallest absolute Gasteiger partial charge is 0.0547 e. The predicted octanol–water partition coefficient (Wildman–Crippen LogP) is 0.936. The molecule has 54 valence electrons. The van der Waals surface area contributed by atoms with E-state index in [1.165, 1.54) is 0 Å². The van der Waals surface area contributed by atoms with Crippen molar-refractivity contribution in [1.29, 1.82) is 0 Å². The van der Waals surface area contributed by atoms with Gasteiger partial charge in [0.2, 0.25) is 0 Å². The number of anilines is 1. The highest BCUT2D eigenvalue weighted by atomic mass is 15.3. The molecule has 0 bridgehead atoms. The first-order valence-corrected chi connectivity index (χ1v) is 3.18. The third kappa shape index (κ3) is 1.45. The molecule has 0 aromatic carbocycles. The summed E-state index contributed by atoms with van der Waals surface area (Å²) in [6.07, 6.45) is 3.58. The monoisotopic (exact) mass is 137 g/mol. The fourth-order valence-corrected chi connectivity index (χ4v) is 0.748. The van der Waals surface area contributed by atoms with Crippen LogP contribution >= 0.6 is 0 Å². The first-order chi connectivity index (χ1) is 4.84. The highest BCUT2D eigenvalue weighted by Crippen LogP contribution is 2.08. The minimum atomic E-state index is 1.07. The Morgan fingerprint density at radius 3 is 2.90 bits per heavy atom. The molecule has 0 unspecified atom stereocenters. The molecule has 0 aliphatic heterocycles. The maximum atomic E-state index is 3.96. The van der Waals surface area contributed by atoms with E-state index >= 15 is 0 Å². The molecule has 1 aromatic heterocycles. The van der Waals surface area contributed by atoms with E-state index in [4.69, 9.17) is 0 Å². The third-order valence-corrected chi connectivity index (χ3v) is 1.28. The van der Waals surface area contributed by atoms with Gasteiger partial charge in [0.15, 0.2) is 0 Å². The molecule has 0 spiro atoms. The summed E-state index contributed by atoms with van der Waals surface area (Å²) >= 11 is 0. The van der Waals surface area contributed by atoms with Crippen LogP contribution in [-0.2, 0) is 0 Å². The van der Waals surface area contributed by atoms with E-state index in [0.717, 1.165) is 11.3 Å². The standard InChI is InChI=1S/C7H11N3/c1-6-5-9-4-3-7(6)10-8-2/h3-5,8H,1-2H3,(H,9,10). The summed E-state index contributed by atoms with van der Waals surface area (Å²) in [6, 6.07) is 1.92. The molecule has 3 nitrogen and oxygen atoms in total. The Bertz CT molecular complexity index is 210. The molecule has 1 heterocycles. The average molecular weight is 137 g/mol. The van der Waals surface area contributed by atoms with Gasteiger partial charge in [0.05, 0.1) is 5.69 Å². The zero-order valence-corrected chi connectivity index (χ0v) is 6.18. The molecular formula is C7H11N3. The summed E-state index contributed by atoms with van der Waals surface area (Å²) in [5.41, 5.74) is 8.04. The van der Waals surface area contributed by atoms with Gasteiger partial charge in [-0.25, -0.2) is 5.43 Å². The van der Waals surface area contributed by atoms with Crippen molar-refractivity contribution in [3.8, 4) is 0 Å². The molecule has 0 amide bonds. The number of aryl methyl sites for hydroxylation is 1. The summed E-state index contributed by atoms with van der Waals surface area (Å²) in [5, 5.41) is 0. The molecular weight excluding hydrogens is 126 g/mol. The molecule has 0 saturated carbocycles. The van der Waals surface area contributed by atoms with Crippen LogP contribution in [0.25, 0.3) is 0 Å². The van der Waals surface area contributed by atoms with Crippen LogP contribution in [-0.4, -0.2) is 12.0 Å². The van der Waals surface area contributed by atoms with E-state index in [9.17, 15) is 0 Å². The van der Waals surface area contributed by atoms with Crippen LogP contribution in [0.3, 0.4) is 0 Å². The number of nitrogens with zero attached hydrogens (tertiary/aromatic N) is 1. The summed E-state index contributed by atoms with van der Waals surface area (Å²) in [5.74, 6) is 0. The molecule has 0 radical (unpaired) electrons. The van der Waals surface area contributed by atoms with Gasteiger partial charge < -0.3 is 5.43 Å². The van der Waals surface area contributed by atoms with Crippen LogP contribution < -0.4 is 10.9 Å². The number of nitrogens with one attached hydrogen (secondary N) is 2. The SMILES string of the molecule is CNNc1ccncc1C. The van der Waals surface area contributed by atoms with Gasteiger partial charge in [0.25, 0.3) is 0 Å². The molecule has 1 rings (SSSR count). The predicted molar refractivity (Wildman–Crippen MR) is 41.7 cm³/mol. The van der Waals surface area contributed by atoms with Gasteiger partial charge in [-0.15, -0.1) is 0 Å². The first-order valence-electron chi connectivity index (χ1n) is 3.18. The van der Waals surface area contributed by atoms with E-state index in [0.29, 0.717) is 0 Å². The van der Waals surface area contributed by atoms with Crippen LogP contribution in [0.1, 0.15) is 5.56 Å². The van der Waals surface area contributed by atoms with Crippen molar-refractivity contribution >= 4 is 5.69 Å². The van der Waals surface area contributed by atoms with E-state index < -0.39 is 0 Å². The Morgan fingerprint density at radius 2 is 2.30 bits per heavy atom. The number of aromatic nitrogens is 1. The first kappa shape index (κ1) is 7.02. The Balaban J connectivity index is 2.81. The maximum Gasteiger partial charge on any atom is 0.0547 e. The minimum Gasteiger partial charge on any atom is -0.321 e. The number of rotatable bonds is 2. The van der Waals surface area contributed by atoms with Crippen LogP contribution in [0.5, 0.6) is 0 Å². The number of hydrogen-bond donors (Lipinski definition) is 2.